The number of nitrogens with two attached hydrogens (primary N) is 1. The molecule has 0 unspecified atom stereocenters. The lowest BCUT2D eigenvalue weighted by atomic mass is 9.91. The molecule has 0 fully saturated rings. The summed E-state index contributed by atoms with van der Waals surface area (Å²) in [6.45, 7) is 7.12. The summed E-state index contributed by atoms with van der Waals surface area (Å²) in [5.41, 5.74) is 6.97. The zero-order valence-corrected chi connectivity index (χ0v) is 12.2. The number of carbonyl (C=O) groups is 1. The zero-order valence-electron chi connectivity index (χ0n) is 12.2. The molecule has 0 saturated carbocycles. The van der Waals surface area contributed by atoms with Gasteiger partial charge in [-0.1, -0.05) is 20.8 Å². The third-order valence-corrected chi connectivity index (χ3v) is 2.74. The summed E-state index contributed by atoms with van der Waals surface area (Å²) < 4.78 is 10.4. The highest BCUT2D eigenvalue weighted by molar-refractivity contribution is 5.93. The van der Waals surface area contributed by atoms with Crippen LogP contribution in [0.25, 0.3) is 0 Å². The summed E-state index contributed by atoms with van der Waals surface area (Å²) >= 11 is 0. The Labute approximate surface area is 114 Å². The lowest BCUT2D eigenvalue weighted by molar-refractivity contribution is 0.0596. The molecule has 1 rings (SSSR count). The Kier molecular flexibility index (Phi) is 5.21. The van der Waals surface area contributed by atoms with Crippen LogP contribution in [0.1, 0.15) is 44.0 Å². The highest BCUT2D eigenvalue weighted by Crippen LogP contribution is 2.24. The first-order valence-electron chi connectivity index (χ1n) is 6.44. The highest BCUT2D eigenvalue weighted by atomic mass is 16.5. The van der Waals surface area contributed by atoms with Gasteiger partial charge in [0.25, 0.3) is 0 Å². The fourth-order valence-corrected chi connectivity index (χ4v) is 1.72. The SMILES string of the molecule is COC(=O)c1ccc(N)cc1OCCCC(C)(C)C. The molecule has 1 aromatic rings. The van der Waals surface area contributed by atoms with E-state index in [0.29, 0.717) is 23.6 Å². The van der Waals surface area contributed by atoms with Crippen LogP contribution < -0.4 is 10.5 Å². The van der Waals surface area contributed by atoms with Crippen molar-refractivity contribution >= 4 is 11.7 Å². The van der Waals surface area contributed by atoms with Crippen LogP contribution in [0.15, 0.2) is 18.2 Å². The maximum absolute atomic E-state index is 11.6. The van der Waals surface area contributed by atoms with Crippen molar-refractivity contribution in [3.63, 3.8) is 0 Å². The van der Waals surface area contributed by atoms with E-state index in [4.69, 9.17) is 15.2 Å². The maximum Gasteiger partial charge on any atom is 0.341 e. The van der Waals surface area contributed by atoms with Crippen LogP contribution in [0.2, 0.25) is 0 Å². The normalized spacial score (nSPS) is 11.2. The minimum atomic E-state index is -0.411. The van der Waals surface area contributed by atoms with Crippen molar-refractivity contribution in [2.75, 3.05) is 19.5 Å². The summed E-state index contributed by atoms with van der Waals surface area (Å²) in [4.78, 5) is 11.6. The van der Waals surface area contributed by atoms with Crippen molar-refractivity contribution in [2.45, 2.75) is 33.6 Å². The Bertz CT molecular complexity index is 436. The van der Waals surface area contributed by atoms with Crippen LogP contribution in [-0.4, -0.2) is 19.7 Å². The van der Waals surface area contributed by atoms with Crippen molar-refractivity contribution in [2.24, 2.45) is 5.41 Å². The van der Waals surface area contributed by atoms with Gasteiger partial charge >= 0.3 is 5.97 Å². The molecule has 1 aromatic carbocycles. The van der Waals surface area contributed by atoms with E-state index in [9.17, 15) is 4.79 Å². The van der Waals surface area contributed by atoms with Crippen LogP contribution in [0.5, 0.6) is 5.75 Å². The highest BCUT2D eigenvalue weighted by Gasteiger charge is 2.14. The first kappa shape index (κ1) is 15.3. The number of hydrogen-bond donors (Lipinski definition) is 1. The topological polar surface area (TPSA) is 61.5 Å². The van der Waals surface area contributed by atoms with Crippen LogP contribution in [0.4, 0.5) is 5.69 Å². The van der Waals surface area contributed by atoms with E-state index >= 15 is 0 Å². The van der Waals surface area contributed by atoms with Gasteiger partial charge in [0.1, 0.15) is 11.3 Å². The predicted molar refractivity (Wildman–Crippen MR) is 76.4 cm³/mol. The Morgan fingerprint density at radius 3 is 2.58 bits per heavy atom. The molecule has 4 heteroatoms. The van der Waals surface area contributed by atoms with Gasteiger partial charge in [-0.25, -0.2) is 4.79 Å². The Morgan fingerprint density at radius 1 is 1.32 bits per heavy atom. The first-order chi connectivity index (χ1) is 8.83. The van der Waals surface area contributed by atoms with Crippen molar-refractivity contribution in [3.8, 4) is 5.75 Å². The van der Waals surface area contributed by atoms with Gasteiger partial charge in [0.2, 0.25) is 0 Å². The molecule has 2 N–H and O–H groups in total. The number of methoxy groups -OCH3 is 1. The summed E-state index contributed by atoms with van der Waals surface area (Å²) in [5.74, 6) is 0.0755. The molecular weight excluding hydrogens is 242 g/mol. The number of carbonyl (C=O) groups excluding carboxylic acids is 1. The van der Waals surface area contributed by atoms with Gasteiger partial charge in [-0.05, 0) is 30.4 Å². The minimum Gasteiger partial charge on any atom is -0.493 e. The van der Waals surface area contributed by atoms with E-state index in [-0.39, 0.29) is 5.41 Å². The van der Waals surface area contributed by atoms with Gasteiger partial charge in [-0.15, -0.1) is 0 Å². The van der Waals surface area contributed by atoms with E-state index in [1.165, 1.54) is 7.11 Å². The molecule has 0 atom stereocenters. The second kappa shape index (κ2) is 6.45. The lowest BCUT2D eigenvalue weighted by Gasteiger charge is -2.18. The number of anilines is 1. The average molecular weight is 265 g/mol. The van der Waals surface area contributed by atoms with Crippen molar-refractivity contribution in [3.05, 3.63) is 23.8 Å². The molecule has 0 aliphatic carbocycles. The zero-order chi connectivity index (χ0) is 14.5. The molecule has 0 amide bonds. The molecule has 0 aliphatic heterocycles. The smallest absolute Gasteiger partial charge is 0.341 e. The van der Waals surface area contributed by atoms with E-state index in [0.717, 1.165) is 12.8 Å². The molecule has 19 heavy (non-hydrogen) atoms. The van der Waals surface area contributed by atoms with Crippen molar-refractivity contribution in [1.82, 2.24) is 0 Å². The number of hydrogen-bond acceptors (Lipinski definition) is 4. The van der Waals surface area contributed by atoms with Gasteiger partial charge in [-0.3, -0.25) is 0 Å². The fourth-order valence-electron chi connectivity index (χ4n) is 1.72. The molecule has 0 aromatic heterocycles. The van der Waals surface area contributed by atoms with Gasteiger partial charge in [0, 0.05) is 11.8 Å². The third kappa shape index (κ3) is 5.20. The number of benzene rings is 1. The molecule has 0 bridgehead atoms. The van der Waals surface area contributed by atoms with Crippen LogP contribution in [0.3, 0.4) is 0 Å². The summed E-state index contributed by atoms with van der Waals surface area (Å²) in [7, 11) is 1.35. The number of nitrogen functional groups attached to an aromatic ring is 1. The Balaban J connectivity index is 2.66. The Morgan fingerprint density at radius 2 is 2.00 bits per heavy atom. The molecule has 106 valence electrons. The Hall–Kier alpha value is -1.71. The monoisotopic (exact) mass is 265 g/mol. The quantitative estimate of drug-likeness (QED) is 0.504. The molecule has 0 heterocycles. The second-order valence-electron chi connectivity index (χ2n) is 5.76. The molecular formula is C15H23NO3. The predicted octanol–water partition coefficient (Wildman–Crippen LogP) is 3.26. The molecule has 0 saturated heterocycles. The van der Waals surface area contributed by atoms with E-state index in [1.54, 1.807) is 18.2 Å². The number of esters is 1. The first-order valence-corrected chi connectivity index (χ1v) is 6.44. The van der Waals surface area contributed by atoms with Crippen molar-refractivity contribution < 1.29 is 14.3 Å². The number of rotatable bonds is 5. The summed E-state index contributed by atoms with van der Waals surface area (Å²) in [6.07, 6.45) is 1.99. The van der Waals surface area contributed by atoms with Gasteiger partial charge < -0.3 is 15.2 Å². The lowest BCUT2D eigenvalue weighted by Crippen LogP contribution is -2.10. The molecule has 0 radical (unpaired) electrons. The summed E-state index contributed by atoms with van der Waals surface area (Å²) in [5, 5.41) is 0. The van der Waals surface area contributed by atoms with Gasteiger partial charge in [0.15, 0.2) is 0 Å². The molecule has 4 nitrogen and oxygen atoms in total. The average Bonchev–Trinajstić information content (AvgIpc) is 2.33. The van der Waals surface area contributed by atoms with Gasteiger partial charge in [0.05, 0.1) is 13.7 Å². The number of ether oxygens (including phenoxy) is 2. The van der Waals surface area contributed by atoms with E-state index < -0.39 is 5.97 Å². The summed E-state index contributed by atoms with van der Waals surface area (Å²) in [6, 6.07) is 4.94. The second-order valence-corrected chi connectivity index (χ2v) is 5.76. The van der Waals surface area contributed by atoms with Crippen LogP contribution in [0, 0.1) is 5.41 Å². The van der Waals surface area contributed by atoms with Crippen LogP contribution in [-0.2, 0) is 4.74 Å². The standard InChI is InChI=1S/C15H23NO3/c1-15(2,3)8-5-9-19-13-10-11(16)6-7-12(13)14(17)18-4/h6-7,10H,5,8-9,16H2,1-4H3. The van der Waals surface area contributed by atoms with Crippen molar-refractivity contribution in [1.29, 1.82) is 0 Å². The molecule has 0 spiro atoms. The molecule has 0 aliphatic rings. The third-order valence-electron chi connectivity index (χ3n) is 2.74. The minimum absolute atomic E-state index is 0.282. The maximum atomic E-state index is 11.6. The van der Waals surface area contributed by atoms with E-state index in [2.05, 4.69) is 20.8 Å². The fraction of sp³-hybridized carbons (Fsp3) is 0.533. The van der Waals surface area contributed by atoms with Gasteiger partial charge in [-0.2, -0.15) is 0 Å². The largest absolute Gasteiger partial charge is 0.493 e. The van der Waals surface area contributed by atoms with Crippen LogP contribution >= 0.6 is 0 Å². The van der Waals surface area contributed by atoms with E-state index in [1.807, 2.05) is 0 Å².